The summed E-state index contributed by atoms with van der Waals surface area (Å²) in [6, 6.07) is 9.55. The standard InChI is InChI=1S/C16H22N2/c1-18-12-13(15-7-2-3-8-16(15)18)6-4-5-11-17-14-9-10-14/h2-3,7-8,12,14,17H,4-6,9-11H2,1H3. The second-order valence-corrected chi connectivity index (χ2v) is 5.47. The van der Waals surface area contributed by atoms with Crippen LogP contribution in [-0.4, -0.2) is 17.2 Å². The van der Waals surface area contributed by atoms with Gasteiger partial charge in [0.2, 0.25) is 0 Å². The molecule has 1 heterocycles. The third kappa shape index (κ3) is 2.59. The first-order chi connectivity index (χ1) is 8.84. The molecule has 1 fully saturated rings. The molecule has 2 nitrogen and oxygen atoms in total. The largest absolute Gasteiger partial charge is 0.350 e. The molecular formula is C16H22N2. The molecule has 1 saturated carbocycles. The summed E-state index contributed by atoms with van der Waals surface area (Å²) in [7, 11) is 2.14. The van der Waals surface area contributed by atoms with Gasteiger partial charge in [0.25, 0.3) is 0 Å². The summed E-state index contributed by atoms with van der Waals surface area (Å²) in [6.07, 6.45) is 8.85. The maximum atomic E-state index is 3.58. The minimum Gasteiger partial charge on any atom is -0.350 e. The molecule has 0 spiro atoms. The van der Waals surface area contributed by atoms with E-state index in [0.717, 1.165) is 6.04 Å². The molecule has 0 unspecified atom stereocenters. The van der Waals surface area contributed by atoms with E-state index >= 15 is 0 Å². The lowest BCUT2D eigenvalue weighted by atomic mass is 10.1. The van der Waals surface area contributed by atoms with Crippen LogP contribution >= 0.6 is 0 Å². The van der Waals surface area contributed by atoms with Crippen LogP contribution in [0, 0.1) is 0 Å². The van der Waals surface area contributed by atoms with Crippen LogP contribution in [0.3, 0.4) is 0 Å². The number of aromatic nitrogens is 1. The number of para-hydroxylation sites is 1. The first-order valence-electron chi connectivity index (χ1n) is 7.11. The highest BCUT2D eigenvalue weighted by atomic mass is 14.9. The summed E-state index contributed by atoms with van der Waals surface area (Å²) in [6.45, 7) is 1.19. The molecule has 1 N–H and O–H groups in total. The Morgan fingerprint density at radius 1 is 1.22 bits per heavy atom. The van der Waals surface area contributed by atoms with Gasteiger partial charge in [-0.2, -0.15) is 0 Å². The van der Waals surface area contributed by atoms with Crippen LogP contribution in [0.4, 0.5) is 0 Å². The number of benzene rings is 1. The van der Waals surface area contributed by atoms with E-state index in [-0.39, 0.29) is 0 Å². The third-order valence-electron chi connectivity index (χ3n) is 3.86. The van der Waals surface area contributed by atoms with E-state index in [4.69, 9.17) is 0 Å². The van der Waals surface area contributed by atoms with Crippen LogP contribution in [-0.2, 0) is 13.5 Å². The highest BCUT2D eigenvalue weighted by Crippen LogP contribution is 2.22. The molecule has 2 aromatic rings. The van der Waals surface area contributed by atoms with Crippen LogP contribution in [0.2, 0.25) is 0 Å². The van der Waals surface area contributed by atoms with Crippen LogP contribution < -0.4 is 5.32 Å². The van der Waals surface area contributed by atoms with E-state index in [1.165, 1.54) is 55.1 Å². The third-order valence-corrected chi connectivity index (χ3v) is 3.86. The van der Waals surface area contributed by atoms with Crippen molar-refractivity contribution in [3.8, 4) is 0 Å². The lowest BCUT2D eigenvalue weighted by Crippen LogP contribution is -2.17. The topological polar surface area (TPSA) is 17.0 Å². The fourth-order valence-electron chi connectivity index (χ4n) is 2.66. The summed E-state index contributed by atoms with van der Waals surface area (Å²) < 4.78 is 2.24. The Morgan fingerprint density at radius 3 is 2.89 bits per heavy atom. The number of nitrogens with one attached hydrogen (secondary N) is 1. The van der Waals surface area contributed by atoms with Crippen LogP contribution in [0.1, 0.15) is 31.2 Å². The Hall–Kier alpha value is -1.28. The lowest BCUT2D eigenvalue weighted by molar-refractivity contribution is 0.620. The van der Waals surface area contributed by atoms with Crippen molar-refractivity contribution in [3.05, 3.63) is 36.0 Å². The van der Waals surface area contributed by atoms with Gasteiger partial charge in [0.05, 0.1) is 0 Å². The molecule has 1 aromatic heterocycles. The van der Waals surface area contributed by atoms with Gasteiger partial charge in [-0.1, -0.05) is 18.2 Å². The predicted molar refractivity (Wildman–Crippen MR) is 76.9 cm³/mol. The normalized spacial score (nSPS) is 15.4. The summed E-state index contributed by atoms with van der Waals surface area (Å²) in [5.74, 6) is 0. The number of rotatable bonds is 6. The predicted octanol–water partition coefficient (Wildman–Crippen LogP) is 3.25. The smallest absolute Gasteiger partial charge is 0.0480 e. The molecule has 1 aliphatic carbocycles. The molecule has 0 saturated heterocycles. The van der Waals surface area contributed by atoms with Crippen molar-refractivity contribution in [1.82, 2.24) is 9.88 Å². The van der Waals surface area contributed by atoms with Gasteiger partial charge < -0.3 is 9.88 Å². The second kappa shape index (κ2) is 5.15. The Bertz CT molecular complexity index is 523. The fourth-order valence-corrected chi connectivity index (χ4v) is 2.66. The molecule has 0 radical (unpaired) electrons. The highest BCUT2D eigenvalue weighted by Gasteiger charge is 2.19. The molecule has 0 amide bonds. The minimum absolute atomic E-state index is 0.850. The van der Waals surface area contributed by atoms with Crippen molar-refractivity contribution in [2.24, 2.45) is 7.05 Å². The molecular weight excluding hydrogens is 220 g/mol. The lowest BCUT2D eigenvalue weighted by Gasteiger charge is -2.02. The Labute approximate surface area is 109 Å². The molecule has 1 aromatic carbocycles. The maximum Gasteiger partial charge on any atom is 0.0480 e. The van der Waals surface area contributed by atoms with Gasteiger partial charge >= 0.3 is 0 Å². The van der Waals surface area contributed by atoms with E-state index in [1.807, 2.05) is 0 Å². The zero-order chi connectivity index (χ0) is 12.4. The van der Waals surface area contributed by atoms with Crippen molar-refractivity contribution in [3.63, 3.8) is 0 Å². The van der Waals surface area contributed by atoms with Gasteiger partial charge in [0.1, 0.15) is 0 Å². The summed E-state index contributed by atoms with van der Waals surface area (Å²) in [4.78, 5) is 0. The number of nitrogens with zero attached hydrogens (tertiary/aromatic N) is 1. The SMILES string of the molecule is Cn1cc(CCCCNC2CC2)c2ccccc21. The van der Waals surface area contributed by atoms with Crippen molar-refractivity contribution in [2.45, 2.75) is 38.1 Å². The van der Waals surface area contributed by atoms with Gasteiger partial charge in [-0.15, -0.1) is 0 Å². The average molecular weight is 242 g/mol. The van der Waals surface area contributed by atoms with Gasteiger partial charge in [-0.3, -0.25) is 0 Å². The number of fused-ring (bicyclic) bond motifs is 1. The number of unbranched alkanes of at least 4 members (excludes halogenated alkanes) is 1. The highest BCUT2D eigenvalue weighted by molar-refractivity contribution is 5.83. The molecule has 0 bridgehead atoms. The molecule has 3 rings (SSSR count). The minimum atomic E-state index is 0.850. The fraction of sp³-hybridized carbons (Fsp3) is 0.500. The van der Waals surface area contributed by atoms with E-state index in [0.29, 0.717) is 0 Å². The Morgan fingerprint density at radius 2 is 2.06 bits per heavy atom. The van der Waals surface area contributed by atoms with Crippen molar-refractivity contribution in [2.75, 3.05) is 6.54 Å². The summed E-state index contributed by atoms with van der Waals surface area (Å²) in [5, 5.41) is 5.01. The average Bonchev–Trinajstić information content (AvgIpc) is 3.16. The van der Waals surface area contributed by atoms with Crippen molar-refractivity contribution < 1.29 is 0 Å². The number of aryl methyl sites for hydroxylation is 2. The first-order valence-corrected chi connectivity index (χ1v) is 7.11. The quantitative estimate of drug-likeness (QED) is 0.769. The molecule has 2 heteroatoms. The van der Waals surface area contributed by atoms with E-state index in [1.54, 1.807) is 0 Å². The maximum absolute atomic E-state index is 3.58. The van der Waals surface area contributed by atoms with Gasteiger partial charge in [0.15, 0.2) is 0 Å². The van der Waals surface area contributed by atoms with Gasteiger partial charge in [0, 0.05) is 30.2 Å². The van der Waals surface area contributed by atoms with E-state index in [9.17, 15) is 0 Å². The first kappa shape index (κ1) is 11.8. The Balaban J connectivity index is 1.56. The van der Waals surface area contributed by atoms with E-state index < -0.39 is 0 Å². The van der Waals surface area contributed by atoms with Crippen molar-refractivity contribution in [1.29, 1.82) is 0 Å². The summed E-state index contributed by atoms with van der Waals surface area (Å²) >= 11 is 0. The van der Waals surface area contributed by atoms with Crippen molar-refractivity contribution >= 4 is 10.9 Å². The zero-order valence-electron chi connectivity index (χ0n) is 11.2. The van der Waals surface area contributed by atoms with Gasteiger partial charge in [-0.05, 0) is 50.3 Å². The second-order valence-electron chi connectivity index (χ2n) is 5.47. The molecule has 0 aliphatic heterocycles. The van der Waals surface area contributed by atoms with Crippen LogP contribution in [0.5, 0.6) is 0 Å². The molecule has 96 valence electrons. The number of hydrogen-bond donors (Lipinski definition) is 1. The summed E-state index contributed by atoms with van der Waals surface area (Å²) in [5.41, 5.74) is 2.85. The van der Waals surface area contributed by atoms with Crippen LogP contribution in [0.15, 0.2) is 30.5 Å². The van der Waals surface area contributed by atoms with Gasteiger partial charge in [-0.25, -0.2) is 0 Å². The van der Waals surface area contributed by atoms with E-state index in [2.05, 4.69) is 47.4 Å². The zero-order valence-corrected chi connectivity index (χ0v) is 11.2. The number of hydrogen-bond acceptors (Lipinski definition) is 1. The van der Waals surface area contributed by atoms with Crippen LogP contribution in [0.25, 0.3) is 10.9 Å². The monoisotopic (exact) mass is 242 g/mol. The molecule has 0 atom stereocenters. The molecule has 1 aliphatic rings. The Kier molecular flexibility index (Phi) is 3.37. The molecule has 18 heavy (non-hydrogen) atoms.